The van der Waals surface area contributed by atoms with E-state index < -0.39 is 0 Å². The van der Waals surface area contributed by atoms with E-state index >= 15 is 0 Å². The van der Waals surface area contributed by atoms with Gasteiger partial charge >= 0.3 is 0 Å². The number of aromatic amines is 1. The lowest BCUT2D eigenvalue weighted by Crippen LogP contribution is -2.09. The van der Waals surface area contributed by atoms with Gasteiger partial charge in [-0.05, 0) is 24.6 Å². The Bertz CT molecular complexity index is 727. The van der Waals surface area contributed by atoms with Crippen molar-refractivity contribution in [3.63, 3.8) is 0 Å². The third-order valence-electron chi connectivity index (χ3n) is 2.73. The van der Waals surface area contributed by atoms with E-state index in [1.165, 1.54) is 0 Å². The topological polar surface area (TPSA) is 58.9 Å². The van der Waals surface area contributed by atoms with Crippen molar-refractivity contribution in [1.29, 1.82) is 0 Å². The number of furan rings is 1. The number of rotatable bonds is 1. The number of benzene rings is 1. The van der Waals surface area contributed by atoms with Gasteiger partial charge in [-0.2, -0.15) is 0 Å². The number of hydrogen-bond donors (Lipinski definition) is 1. The highest BCUT2D eigenvalue weighted by Gasteiger charge is 2.07. The molecule has 3 aromatic rings. The molecule has 0 bridgehead atoms. The highest BCUT2D eigenvalue weighted by molar-refractivity contribution is 5.82. The Morgan fingerprint density at radius 2 is 2.18 bits per heavy atom. The van der Waals surface area contributed by atoms with Crippen LogP contribution in [-0.4, -0.2) is 9.97 Å². The van der Waals surface area contributed by atoms with Crippen molar-refractivity contribution in [1.82, 2.24) is 9.97 Å². The lowest BCUT2D eigenvalue weighted by Gasteiger charge is -2.02. The van der Waals surface area contributed by atoms with Crippen molar-refractivity contribution in [2.45, 2.75) is 6.92 Å². The van der Waals surface area contributed by atoms with Crippen LogP contribution in [-0.2, 0) is 0 Å². The minimum absolute atomic E-state index is 0.130. The molecule has 84 valence electrons. The molecule has 1 N–H and O–H groups in total. The molecule has 3 rings (SSSR count). The fourth-order valence-electron chi connectivity index (χ4n) is 1.84. The third-order valence-corrected chi connectivity index (χ3v) is 2.73. The molecular formula is C13H10N2O2. The summed E-state index contributed by atoms with van der Waals surface area (Å²) in [5.41, 5.74) is 2.35. The second kappa shape index (κ2) is 3.59. The molecular weight excluding hydrogens is 216 g/mol. The highest BCUT2D eigenvalue weighted by Crippen LogP contribution is 2.18. The number of nitrogens with zero attached hydrogens (tertiary/aromatic N) is 1. The molecule has 0 saturated carbocycles. The molecule has 4 heteroatoms. The van der Waals surface area contributed by atoms with Crippen molar-refractivity contribution >= 4 is 10.9 Å². The van der Waals surface area contributed by atoms with Crippen LogP contribution in [0.3, 0.4) is 0 Å². The molecule has 0 aliphatic heterocycles. The highest BCUT2D eigenvalue weighted by atomic mass is 16.3. The second-order valence-electron chi connectivity index (χ2n) is 3.90. The van der Waals surface area contributed by atoms with E-state index in [0.29, 0.717) is 11.2 Å². The maximum atomic E-state index is 11.9. The summed E-state index contributed by atoms with van der Waals surface area (Å²) in [6.45, 7) is 1.94. The Balaban J connectivity index is 2.38. The van der Waals surface area contributed by atoms with Gasteiger partial charge in [-0.25, -0.2) is 4.98 Å². The van der Waals surface area contributed by atoms with E-state index in [2.05, 4.69) is 9.97 Å². The molecule has 2 heterocycles. The summed E-state index contributed by atoms with van der Waals surface area (Å²) in [5.74, 6) is 0.533. The minimum atomic E-state index is -0.130. The molecule has 0 unspecified atom stereocenters. The van der Waals surface area contributed by atoms with Crippen LogP contribution in [0.15, 0.2) is 46.0 Å². The smallest absolute Gasteiger partial charge is 0.259 e. The van der Waals surface area contributed by atoms with E-state index in [4.69, 9.17) is 4.42 Å². The summed E-state index contributed by atoms with van der Waals surface area (Å²) in [6.07, 6.45) is 3.11. The first kappa shape index (κ1) is 9.84. The van der Waals surface area contributed by atoms with Gasteiger partial charge in [-0.3, -0.25) is 4.79 Å². The second-order valence-corrected chi connectivity index (χ2v) is 3.90. The number of para-hydroxylation sites is 1. The van der Waals surface area contributed by atoms with Crippen LogP contribution in [0.4, 0.5) is 0 Å². The van der Waals surface area contributed by atoms with Gasteiger partial charge in [0.1, 0.15) is 12.1 Å². The predicted octanol–water partition coefficient (Wildman–Crippen LogP) is 2.49. The Labute approximate surface area is 96.9 Å². The monoisotopic (exact) mass is 226 g/mol. The quantitative estimate of drug-likeness (QED) is 0.693. The number of nitrogens with one attached hydrogen (secondary N) is 1. The van der Waals surface area contributed by atoms with Gasteiger partial charge in [0.25, 0.3) is 5.56 Å². The first-order valence-corrected chi connectivity index (χ1v) is 5.28. The predicted molar refractivity (Wildman–Crippen MR) is 64.8 cm³/mol. The maximum absolute atomic E-state index is 11.9. The van der Waals surface area contributed by atoms with Crippen molar-refractivity contribution < 1.29 is 4.42 Å². The van der Waals surface area contributed by atoms with Gasteiger partial charge in [0.2, 0.25) is 0 Å². The van der Waals surface area contributed by atoms with E-state index in [0.717, 1.165) is 16.6 Å². The first-order chi connectivity index (χ1) is 8.25. The Kier molecular flexibility index (Phi) is 2.08. The molecule has 0 aliphatic carbocycles. The lowest BCUT2D eigenvalue weighted by atomic mass is 10.1. The number of aryl methyl sites for hydroxylation is 1. The van der Waals surface area contributed by atoms with Gasteiger partial charge < -0.3 is 9.40 Å². The zero-order valence-corrected chi connectivity index (χ0v) is 9.23. The number of hydrogen-bond acceptors (Lipinski definition) is 3. The summed E-state index contributed by atoms with van der Waals surface area (Å²) >= 11 is 0. The van der Waals surface area contributed by atoms with Crippen LogP contribution in [0, 0.1) is 6.92 Å². The standard InChI is InChI=1S/C13H10N2O2/c1-8-3-2-4-10-11(8)14-12(15-13(10)16)9-5-6-17-7-9/h2-7H,1H3,(H,14,15,16). The Hall–Kier alpha value is -2.36. The van der Waals surface area contributed by atoms with Gasteiger partial charge in [-0.1, -0.05) is 12.1 Å². The number of fused-ring (bicyclic) bond motifs is 1. The van der Waals surface area contributed by atoms with Gasteiger partial charge in [0, 0.05) is 0 Å². The van der Waals surface area contributed by atoms with Gasteiger partial charge in [0.15, 0.2) is 0 Å². The first-order valence-electron chi connectivity index (χ1n) is 5.28. The summed E-state index contributed by atoms with van der Waals surface area (Å²) in [5, 5.41) is 0.609. The SMILES string of the molecule is Cc1cccc2c(=O)[nH]c(-c3ccoc3)nc12. The summed E-state index contributed by atoms with van der Waals surface area (Å²) in [4.78, 5) is 19.1. The average Bonchev–Trinajstić information content (AvgIpc) is 2.84. The zero-order valence-electron chi connectivity index (χ0n) is 9.23. The van der Waals surface area contributed by atoms with Crippen molar-refractivity contribution in [2.24, 2.45) is 0 Å². The molecule has 0 aliphatic rings. The molecule has 1 aromatic carbocycles. The van der Waals surface area contributed by atoms with Gasteiger partial charge in [0.05, 0.1) is 22.7 Å². The normalized spacial score (nSPS) is 10.9. The lowest BCUT2D eigenvalue weighted by molar-refractivity contribution is 0.568. The summed E-state index contributed by atoms with van der Waals surface area (Å²) in [7, 11) is 0. The van der Waals surface area contributed by atoms with Gasteiger partial charge in [-0.15, -0.1) is 0 Å². The van der Waals surface area contributed by atoms with Crippen LogP contribution in [0.25, 0.3) is 22.3 Å². The molecule has 0 fully saturated rings. The van der Waals surface area contributed by atoms with Crippen LogP contribution in [0.5, 0.6) is 0 Å². The van der Waals surface area contributed by atoms with Crippen molar-refractivity contribution in [3.8, 4) is 11.4 Å². The molecule has 0 radical (unpaired) electrons. The van der Waals surface area contributed by atoms with Crippen LogP contribution in [0.2, 0.25) is 0 Å². The largest absolute Gasteiger partial charge is 0.472 e. The Morgan fingerprint density at radius 3 is 2.94 bits per heavy atom. The molecule has 4 nitrogen and oxygen atoms in total. The third kappa shape index (κ3) is 1.54. The number of H-pyrrole nitrogens is 1. The van der Waals surface area contributed by atoms with Crippen LogP contribution < -0.4 is 5.56 Å². The fraction of sp³-hybridized carbons (Fsp3) is 0.0769. The average molecular weight is 226 g/mol. The zero-order chi connectivity index (χ0) is 11.8. The summed E-state index contributed by atoms with van der Waals surface area (Å²) in [6, 6.07) is 7.33. The molecule has 0 amide bonds. The Morgan fingerprint density at radius 1 is 1.29 bits per heavy atom. The molecule has 2 aromatic heterocycles. The number of aromatic nitrogens is 2. The molecule has 0 atom stereocenters. The maximum Gasteiger partial charge on any atom is 0.259 e. The minimum Gasteiger partial charge on any atom is -0.472 e. The van der Waals surface area contributed by atoms with E-state index in [1.54, 1.807) is 24.7 Å². The van der Waals surface area contributed by atoms with E-state index in [9.17, 15) is 4.79 Å². The van der Waals surface area contributed by atoms with Crippen molar-refractivity contribution in [3.05, 3.63) is 52.7 Å². The molecule has 17 heavy (non-hydrogen) atoms. The van der Waals surface area contributed by atoms with E-state index in [-0.39, 0.29) is 5.56 Å². The van der Waals surface area contributed by atoms with Crippen LogP contribution in [0.1, 0.15) is 5.56 Å². The molecule has 0 saturated heterocycles. The molecule has 0 spiro atoms. The fourth-order valence-corrected chi connectivity index (χ4v) is 1.84. The van der Waals surface area contributed by atoms with Crippen LogP contribution >= 0.6 is 0 Å². The summed E-state index contributed by atoms with van der Waals surface area (Å²) < 4.78 is 4.99. The van der Waals surface area contributed by atoms with Crippen molar-refractivity contribution in [2.75, 3.05) is 0 Å². The van der Waals surface area contributed by atoms with E-state index in [1.807, 2.05) is 19.1 Å².